The van der Waals surface area contributed by atoms with Crippen LogP contribution in [0, 0.1) is 0 Å². The van der Waals surface area contributed by atoms with E-state index in [2.05, 4.69) is 0 Å². The van der Waals surface area contributed by atoms with Crippen molar-refractivity contribution in [3.05, 3.63) is 30.3 Å². The molecule has 0 unspecified atom stereocenters. The Balaban J connectivity index is 0.00000200. The fourth-order valence-corrected chi connectivity index (χ4v) is 3.02. The molecular weight excluding hydrogens is 340 g/mol. The molecule has 0 fully saturated rings. The number of hydrogen-bond donors (Lipinski definition) is 1. The first-order valence-electron chi connectivity index (χ1n) is 4.85. The molecule has 0 aliphatic rings. The summed E-state index contributed by atoms with van der Waals surface area (Å²) in [6.45, 7) is 0. The summed E-state index contributed by atoms with van der Waals surface area (Å²) in [6.07, 6.45) is 0. The van der Waals surface area contributed by atoms with Crippen LogP contribution in [0.5, 0.6) is 0 Å². The minimum atomic E-state index is -4.89. The van der Waals surface area contributed by atoms with Crippen molar-refractivity contribution in [2.45, 2.75) is 9.79 Å². The van der Waals surface area contributed by atoms with E-state index in [1.54, 1.807) is 0 Å². The monoisotopic (exact) mass is 347 g/mol. The van der Waals surface area contributed by atoms with Gasteiger partial charge in [0.05, 0.1) is 9.79 Å². The molecule has 0 saturated carbocycles. The largest absolute Gasteiger partial charge is 1.00 e. The van der Waals surface area contributed by atoms with Gasteiger partial charge in [-0.15, -0.1) is 0 Å². The number of nitrogens with two attached hydrogens (primary N) is 1. The van der Waals surface area contributed by atoms with Gasteiger partial charge in [-0.05, 0) is 23.6 Å². The third kappa shape index (κ3) is 4.64. The van der Waals surface area contributed by atoms with E-state index in [4.69, 9.17) is 5.73 Å². The Bertz CT molecular complexity index is 880. The van der Waals surface area contributed by atoms with E-state index < -0.39 is 30.0 Å². The maximum atomic E-state index is 11.2. The third-order valence-corrected chi connectivity index (χ3v) is 4.30. The molecule has 102 valence electrons. The number of anilines is 1. The summed E-state index contributed by atoms with van der Waals surface area (Å²) in [7, 11) is -9.65. The SMILES string of the molecule is Nc1ccc2ccc(S(=O)(=O)[O-])cc2c1S(=O)(=O)[O-].[Na+].[Na+]. The minimum absolute atomic E-state index is 0. The second kappa shape index (κ2) is 7.26. The summed E-state index contributed by atoms with van der Waals surface area (Å²) >= 11 is 0. The normalized spacial score (nSPS) is 11.5. The first-order valence-corrected chi connectivity index (χ1v) is 7.66. The van der Waals surface area contributed by atoms with Gasteiger partial charge in [-0.3, -0.25) is 0 Å². The Morgan fingerprint density at radius 1 is 0.857 bits per heavy atom. The van der Waals surface area contributed by atoms with Gasteiger partial charge in [0.2, 0.25) is 0 Å². The fourth-order valence-electron chi connectivity index (χ4n) is 1.72. The average Bonchev–Trinajstić information content (AvgIpc) is 2.24. The molecule has 2 aromatic carbocycles. The molecule has 0 aliphatic heterocycles. The van der Waals surface area contributed by atoms with Crippen molar-refractivity contribution in [2.24, 2.45) is 0 Å². The maximum Gasteiger partial charge on any atom is 1.00 e. The van der Waals surface area contributed by atoms with Crippen molar-refractivity contribution in [3.63, 3.8) is 0 Å². The molecule has 2 aromatic rings. The van der Waals surface area contributed by atoms with E-state index >= 15 is 0 Å². The van der Waals surface area contributed by atoms with Gasteiger partial charge in [0.25, 0.3) is 0 Å². The molecule has 0 aromatic heterocycles. The molecule has 0 heterocycles. The number of rotatable bonds is 2. The van der Waals surface area contributed by atoms with E-state index in [1.807, 2.05) is 0 Å². The Labute approximate surface area is 166 Å². The molecule has 0 radical (unpaired) electrons. The molecule has 2 rings (SSSR count). The summed E-state index contributed by atoms with van der Waals surface area (Å²) < 4.78 is 66.2. The van der Waals surface area contributed by atoms with Crippen molar-refractivity contribution in [2.75, 3.05) is 5.73 Å². The second-order valence-electron chi connectivity index (χ2n) is 3.78. The van der Waals surface area contributed by atoms with Crippen LogP contribution < -0.4 is 64.8 Å². The summed E-state index contributed by atoms with van der Waals surface area (Å²) in [5, 5.41) is 0.1000. The molecule has 0 amide bonds. The fraction of sp³-hybridized carbons (Fsp3) is 0. The minimum Gasteiger partial charge on any atom is -0.744 e. The Hall–Kier alpha value is 0.320. The summed E-state index contributed by atoms with van der Waals surface area (Å²) in [4.78, 5) is -1.36. The van der Waals surface area contributed by atoms with Crippen molar-refractivity contribution in [1.29, 1.82) is 0 Å². The predicted octanol–water partition coefficient (Wildman–Crippen LogP) is -5.76. The Morgan fingerprint density at radius 3 is 1.86 bits per heavy atom. The van der Waals surface area contributed by atoms with E-state index in [1.165, 1.54) is 18.2 Å². The predicted molar refractivity (Wildman–Crippen MR) is 64.3 cm³/mol. The second-order valence-corrected chi connectivity index (χ2v) is 6.47. The van der Waals surface area contributed by atoms with Crippen LogP contribution >= 0.6 is 0 Å². The van der Waals surface area contributed by atoms with E-state index in [0.29, 0.717) is 0 Å². The van der Waals surface area contributed by atoms with Crippen LogP contribution in [0.4, 0.5) is 5.69 Å². The molecule has 7 nitrogen and oxygen atoms in total. The van der Waals surface area contributed by atoms with Gasteiger partial charge in [-0.2, -0.15) is 0 Å². The first-order chi connectivity index (χ1) is 8.60. The number of nitrogen functional groups attached to an aromatic ring is 1. The van der Waals surface area contributed by atoms with Crippen LogP contribution in [-0.2, 0) is 20.2 Å². The van der Waals surface area contributed by atoms with E-state index in [9.17, 15) is 25.9 Å². The van der Waals surface area contributed by atoms with Gasteiger partial charge < -0.3 is 14.8 Å². The van der Waals surface area contributed by atoms with Gasteiger partial charge in [0.1, 0.15) is 20.2 Å². The van der Waals surface area contributed by atoms with E-state index in [0.717, 1.165) is 12.1 Å². The molecular formula is C10H7NNa2O6S2. The zero-order chi connectivity index (χ0) is 14.4. The van der Waals surface area contributed by atoms with Gasteiger partial charge in [-0.25, -0.2) is 16.8 Å². The maximum absolute atomic E-state index is 11.2. The van der Waals surface area contributed by atoms with Gasteiger partial charge in [0.15, 0.2) is 0 Å². The summed E-state index contributed by atoms with van der Waals surface area (Å²) in [6, 6.07) is 5.73. The summed E-state index contributed by atoms with van der Waals surface area (Å²) in [5.74, 6) is 0. The Morgan fingerprint density at radius 2 is 1.38 bits per heavy atom. The van der Waals surface area contributed by atoms with Crippen LogP contribution in [0.15, 0.2) is 40.1 Å². The molecule has 0 saturated heterocycles. The molecule has 0 atom stereocenters. The quantitative estimate of drug-likeness (QED) is 0.324. The molecule has 0 spiro atoms. The zero-order valence-electron chi connectivity index (χ0n) is 11.2. The zero-order valence-corrected chi connectivity index (χ0v) is 16.9. The topological polar surface area (TPSA) is 140 Å². The number of fused-ring (bicyclic) bond motifs is 1. The van der Waals surface area contributed by atoms with Crippen LogP contribution in [0.3, 0.4) is 0 Å². The van der Waals surface area contributed by atoms with Crippen LogP contribution in [-0.4, -0.2) is 25.9 Å². The van der Waals surface area contributed by atoms with Crippen molar-refractivity contribution < 1.29 is 85.1 Å². The molecule has 11 heteroatoms. The van der Waals surface area contributed by atoms with Crippen molar-refractivity contribution >= 4 is 36.7 Å². The van der Waals surface area contributed by atoms with E-state index in [-0.39, 0.29) is 75.6 Å². The average molecular weight is 347 g/mol. The van der Waals surface area contributed by atoms with Crippen molar-refractivity contribution in [1.82, 2.24) is 0 Å². The van der Waals surface area contributed by atoms with Gasteiger partial charge >= 0.3 is 59.1 Å². The number of benzene rings is 2. The summed E-state index contributed by atoms with van der Waals surface area (Å²) in [5.41, 5.74) is 5.12. The van der Waals surface area contributed by atoms with Crippen LogP contribution in [0.25, 0.3) is 10.8 Å². The van der Waals surface area contributed by atoms with Gasteiger partial charge in [-0.1, -0.05) is 12.1 Å². The smallest absolute Gasteiger partial charge is 0.744 e. The molecule has 0 bridgehead atoms. The first kappa shape index (κ1) is 21.3. The molecule has 2 N–H and O–H groups in total. The van der Waals surface area contributed by atoms with Gasteiger partial charge in [0, 0.05) is 11.1 Å². The van der Waals surface area contributed by atoms with Crippen molar-refractivity contribution in [3.8, 4) is 0 Å². The number of hydrogen-bond acceptors (Lipinski definition) is 7. The molecule has 21 heavy (non-hydrogen) atoms. The Kier molecular flexibility index (Phi) is 7.37. The standard InChI is InChI=1S/C10H9NO6S2.2Na/c11-9-4-2-6-1-3-7(18(12,13)14)5-8(6)10(9)19(15,16)17;;/h1-5H,11H2,(H,12,13,14)(H,15,16,17);;/q;2*+1/p-2. The van der Waals surface area contributed by atoms with Crippen LogP contribution in [0.1, 0.15) is 0 Å². The third-order valence-electron chi connectivity index (χ3n) is 2.51. The van der Waals surface area contributed by atoms with Crippen LogP contribution in [0.2, 0.25) is 0 Å². The molecule has 0 aliphatic carbocycles.